The summed E-state index contributed by atoms with van der Waals surface area (Å²) in [5.74, 6) is 0.403. The van der Waals surface area contributed by atoms with Crippen LogP contribution < -0.4 is 4.84 Å². The molecule has 0 atom stereocenters. The summed E-state index contributed by atoms with van der Waals surface area (Å²) in [5, 5.41) is 4.38. The molecule has 1 aromatic heterocycles. The zero-order chi connectivity index (χ0) is 19.6. The molecule has 0 N–H and O–H groups in total. The monoisotopic (exact) mass is 373 g/mol. The lowest BCUT2D eigenvalue weighted by Gasteiger charge is -2.31. The summed E-state index contributed by atoms with van der Waals surface area (Å²) in [6, 6.07) is 10.0. The fraction of sp³-hybridized carbons (Fsp3) is 0.524. The number of hydrogen-bond donors (Lipinski definition) is 0. The van der Waals surface area contributed by atoms with E-state index in [4.69, 9.17) is 9.57 Å². The Hall–Kier alpha value is -2.50. The zero-order valence-electron chi connectivity index (χ0n) is 16.9. The molecule has 27 heavy (non-hydrogen) atoms. The fourth-order valence-corrected chi connectivity index (χ4v) is 3.23. The van der Waals surface area contributed by atoms with Crippen molar-refractivity contribution in [3.63, 3.8) is 0 Å². The average molecular weight is 373 g/mol. The molecule has 1 aliphatic heterocycles. The zero-order valence-corrected chi connectivity index (χ0v) is 16.9. The van der Waals surface area contributed by atoms with Crippen molar-refractivity contribution >= 4 is 6.09 Å². The molecule has 1 aromatic carbocycles. The van der Waals surface area contributed by atoms with Crippen molar-refractivity contribution in [2.45, 2.75) is 53.1 Å². The molecule has 0 saturated carbocycles. The predicted molar refractivity (Wildman–Crippen MR) is 106 cm³/mol. The highest BCUT2D eigenvalue weighted by molar-refractivity contribution is 5.67. The number of nitrogens with zero attached hydrogens (tertiary/aromatic N) is 3. The minimum absolute atomic E-state index is 0.209. The predicted octanol–water partition coefficient (Wildman–Crippen LogP) is 4.18. The highest BCUT2D eigenvalue weighted by Gasteiger charge is 2.27. The van der Waals surface area contributed by atoms with Crippen LogP contribution in [0.1, 0.15) is 56.4 Å². The molecule has 0 radical (unpaired) electrons. The van der Waals surface area contributed by atoms with E-state index < -0.39 is 0 Å². The van der Waals surface area contributed by atoms with Crippen LogP contribution in [-0.2, 0) is 11.3 Å². The number of piperidine rings is 1. The van der Waals surface area contributed by atoms with Gasteiger partial charge < -0.3 is 14.5 Å². The first-order valence-corrected chi connectivity index (χ1v) is 9.82. The molecule has 6 nitrogen and oxygen atoms in total. The number of hydrogen-bond acceptors (Lipinski definition) is 4. The van der Waals surface area contributed by atoms with Gasteiger partial charge in [-0.1, -0.05) is 44.2 Å². The van der Waals surface area contributed by atoms with E-state index in [-0.39, 0.29) is 6.09 Å². The smallest absolute Gasteiger partial charge is 0.409 e. The molecule has 2 aromatic rings. The normalized spacial score (nSPS) is 14.3. The van der Waals surface area contributed by atoms with Gasteiger partial charge in [0.2, 0.25) is 0 Å². The van der Waals surface area contributed by atoms with Gasteiger partial charge in [-0.15, -0.1) is 9.94 Å². The number of rotatable bonds is 5. The Morgan fingerprint density at radius 2 is 1.85 bits per heavy atom. The third-order valence-corrected chi connectivity index (χ3v) is 4.66. The first kappa shape index (κ1) is 20.8. The van der Waals surface area contributed by atoms with E-state index >= 15 is 0 Å². The molecule has 2 heterocycles. The molecule has 1 saturated heterocycles. The quantitative estimate of drug-likeness (QED) is 0.789. The molecule has 0 bridgehead atoms. The first-order valence-electron chi connectivity index (χ1n) is 9.82. The molecule has 6 heteroatoms. The standard InChI is InChI=1S/C19H25N3O3.C2H6/c1-3-24-19(23)21-11-9-17(10-12-21)18-13-20-22(15(18)2)25-14-16-7-5-4-6-8-16;1-2/h4-8,13,17H,3,9-12,14H2,1-2H3;1-2H3. The summed E-state index contributed by atoms with van der Waals surface area (Å²) in [6.07, 6.45) is 3.53. The van der Waals surface area contributed by atoms with E-state index in [0.29, 0.717) is 19.1 Å². The SMILES string of the molecule is CC.CCOC(=O)N1CCC(c2cnn(OCc3ccccc3)c2C)CC1. The molecule has 0 aliphatic carbocycles. The van der Waals surface area contributed by atoms with Crippen LogP contribution in [0.5, 0.6) is 0 Å². The lowest BCUT2D eigenvalue weighted by atomic mass is 9.90. The molecule has 1 amide bonds. The van der Waals surface area contributed by atoms with E-state index in [0.717, 1.165) is 37.2 Å². The fourth-order valence-electron chi connectivity index (χ4n) is 3.23. The molecular weight excluding hydrogens is 342 g/mol. The summed E-state index contributed by atoms with van der Waals surface area (Å²) >= 11 is 0. The third-order valence-electron chi connectivity index (χ3n) is 4.66. The van der Waals surface area contributed by atoms with E-state index in [1.54, 1.807) is 9.75 Å². The number of amides is 1. The largest absolute Gasteiger partial charge is 0.450 e. The van der Waals surface area contributed by atoms with E-state index in [9.17, 15) is 4.79 Å². The molecule has 3 rings (SSSR count). The van der Waals surface area contributed by atoms with Gasteiger partial charge in [0.15, 0.2) is 0 Å². The van der Waals surface area contributed by atoms with Crippen LogP contribution >= 0.6 is 0 Å². The topological polar surface area (TPSA) is 56.6 Å². The summed E-state index contributed by atoms with van der Waals surface area (Å²) < 4.78 is 5.07. The lowest BCUT2D eigenvalue weighted by Crippen LogP contribution is -2.38. The summed E-state index contributed by atoms with van der Waals surface area (Å²) in [4.78, 5) is 21.0. The number of likely N-dealkylation sites (tertiary alicyclic amines) is 1. The van der Waals surface area contributed by atoms with Gasteiger partial charge in [0, 0.05) is 18.7 Å². The van der Waals surface area contributed by atoms with Crippen LogP contribution in [0.15, 0.2) is 36.5 Å². The van der Waals surface area contributed by atoms with Crippen LogP contribution in [0.3, 0.4) is 0 Å². The van der Waals surface area contributed by atoms with E-state index in [1.165, 1.54) is 5.56 Å². The second-order valence-electron chi connectivity index (χ2n) is 6.28. The van der Waals surface area contributed by atoms with Gasteiger partial charge in [-0.3, -0.25) is 0 Å². The molecule has 1 aliphatic rings. The van der Waals surface area contributed by atoms with Crippen LogP contribution in [0, 0.1) is 6.92 Å². The Balaban J connectivity index is 0.00000126. The van der Waals surface area contributed by atoms with Gasteiger partial charge in [0.25, 0.3) is 0 Å². The van der Waals surface area contributed by atoms with Crippen molar-refractivity contribution in [3.05, 3.63) is 53.3 Å². The van der Waals surface area contributed by atoms with Crippen molar-refractivity contribution in [1.29, 1.82) is 0 Å². The molecule has 0 spiro atoms. The number of carbonyl (C=O) groups is 1. The average Bonchev–Trinajstić information content (AvgIpc) is 3.09. The Morgan fingerprint density at radius 3 is 2.48 bits per heavy atom. The maximum atomic E-state index is 11.8. The molecule has 148 valence electrons. The maximum Gasteiger partial charge on any atom is 0.409 e. The summed E-state index contributed by atoms with van der Waals surface area (Å²) in [5.41, 5.74) is 3.35. The van der Waals surface area contributed by atoms with Crippen molar-refractivity contribution in [3.8, 4) is 0 Å². The molecule has 1 fully saturated rings. The van der Waals surface area contributed by atoms with Gasteiger partial charge >= 0.3 is 6.09 Å². The summed E-state index contributed by atoms with van der Waals surface area (Å²) in [6.45, 7) is 10.2. The van der Waals surface area contributed by atoms with Crippen LogP contribution in [0.25, 0.3) is 0 Å². The Morgan fingerprint density at radius 1 is 1.19 bits per heavy atom. The van der Waals surface area contributed by atoms with Crippen molar-refractivity contribution in [2.24, 2.45) is 0 Å². The third kappa shape index (κ3) is 5.49. The minimum Gasteiger partial charge on any atom is -0.450 e. The number of benzene rings is 1. The lowest BCUT2D eigenvalue weighted by molar-refractivity contribution is 0.0652. The van der Waals surface area contributed by atoms with Crippen molar-refractivity contribution in [2.75, 3.05) is 19.7 Å². The second kappa shape index (κ2) is 10.6. The maximum absolute atomic E-state index is 11.8. The van der Waals surface area contributed by atoms with Crippen LogP contribution in [-0.4, -0.2) is 40.6 Å². The van der Waals surface area contributed by atoms with Gasteiger partial charge in [0.1, 0.15) is 6.61 Å². The van der Waals surface area contributed by atoms with Crippen molar-refractivity contribution < 1.29 is 14.4 Å². The Labute approximate surface area is 162 Å². The molecular formula is C21H31N3O3. The van der Waals surface area contributed by atoms with Crippen molar-refractivity contribution in [1.82, 2.24) is 14.8 Å². The van der Waals surface area contributed by atoms with Gasteiger partial charge in [-0.2, -0.15) is 0 Å². The molecule has 0 unspecified atom stereocenters. The van der Waals surface area contributed by atoms with E-state index in [2.05, 4.69) is 5.10 Å². The van der Waals surface area contributed by atoms with Crippen LogP contribution in [0.2, 0.25) is 0 Å². The van der Waals surface area contributed by atoms with Gasteiger partial charge in [-0.25, -0.2) is 4.79 Å². The second-order valence-corrected chi connectivity index (χ2v) is 6.28. The van der Waals surface area contributed by atoms with Gasteiger partial charge in [0.05, 0.1) is 18.5 Å². The first-order chi connectivity index (χ1) is 13.2. The minimum atomic E-state index is -0.209. The Kier molecular flexibility index (Phi) is 8.17. The number of ether oxygens (including phenoxy) is 1. The highest BCUT2D eigenvalue weighted by Crippen LogP contribution is 2.30. The van der Waals surface area contributed by atoms with E-state index in [1.807, 2.05) is 64.2 Å². The highest BCUT2D eigenvalue weighted by atomic mass is 16.7. The Bertz CT molecular complexity index is 692. The summed E-state index contributed by atoms with van der Waals surface area (Å²) in [7, 11) is 0. The van der Waals surface area contributed by atoms with Gasteiger partial charge in [-0.05, 0) is 38.2 Å². The number of carbonyl (C=O) groups excluding carboxylic acids is 1. The van der Waals surface area contributed by atoms with Crippen LogP contribution in [0.4, 0.5) is 4.79 Å². The number of aromatic nitrogens is 2.